The van der Waals surface area contributed by atoms with E-state index < -0.39 is 0 Å². The second-order valence-corrected chi connectivity index (χ2v) is 3.53. The third-order valence-electron chi connectivity index (χ3n) is 1.65. The lowest BCUT2D eigenvalue weighted by Crippen LogP contribution is -1.96. The van der Waals surface area contributed by atoms with Crippen LogP contribution >= 0.6 is 0 Å². The van der Waals surface area contributed by atoms with Gasteiger partial charge in [-0.05, 0) is 12.3 Å². The highest BCUT2D eigenvalue weighted by Crippen LogP contribution is 2.05. The van der Waals surface area contributed by atoms with Crippen molar-refractivity contribution in [1.82, 2.24) is 10.1 Å². The minimum atomic E-state index is 0.169. The third-order valence-corrected chi connectivity index (χ3v) is 1.65. The van der Waals surface area contributed by atoms with E-state index in [1.807, 2.05) is 0 Å². The van der Waals surface area contributed by atoms with Crippen LogP contribution in [0, 0.1) is 5.92 Å². The standard InChI is InChI=1S/C9H16N2O2/c1-7(2)6-8-10-9(13-11-8)4-3-5-12/h7,12H,3-6H2,1-2H3. The molecule has 0 aromatic carbocycles. The van der Waals surface area contributed by atoms with Crippen LogP contribution in [0.1, 0.15) is 32.0 Å². The van der Waals surface area contributed by atoms with E-state index in [-0.39, 0.29) is 6.61 Å². The Bertz CT molecular complexity index is 246. The molecule has 0 saturated carbocycles. The van der Waals surface area contributed by atoms with Gasteiger partial charge < -0.3 is 9.63 Å². The molecule has 0 bridgehead atoms. The van der Waals surface area contributed by atoms with Crippen molar-refractivity contribution in [3.8, 4) is 0 Å². The van der Waals surface area contributed by atoms with Crippen molar-refractivity contribution in [3.63, 3.8) is 0 Å². The zero-order valence-corrected chi connectivity index (χ0v) is 8.16. The topological polar surface area (TPSA) is 59.2 Å². The number of rotatable bonds is 5. The predicted octanol–water partition coefficient (Wildman–Crippen LogP) is 1.19. The molecule has 4 nitrogen and oxygen atoms in total. The van der Waals surface area contributed by atoms with Crippen LogP contribution in [0.5, 0.6) is 0 Å². The fraction of sp³-hybridized carbons (Fsp3) is 0.778. The summed E-state index contributed by atoms with van der Waals surface area (Å²) in [6, 6.07) is 0. The highest BCUT2D eigenvalue weighted by Gasteiger charge is 2.06. The summed E-state index contributed by atoms with van der Waals surface area (Å²) in [4.78, 5) is 4.20. The van der Waals surface area contributed by atoms with Crippen molar-refractivity contribution in [2.75, 3.05) is 6.61 Å². The molecular weight excluding hydrogens is 168 g/mol. The predicted molar refractivity (Wildman–Crippen MR) is 48.2 cm³/mol. The number of aryl methyl sites for hydroxylation is 1. The molecule has 0 amide bonds. The van der Waals surface area contributed by atoms with Gasteiger partial charge in [-0.3, -0.25) is 0 Å². The largest absolute Gasteiger partial charge is 0.396 e. The molecule has 1 rings (SSSR count). The van der Waals surface area contributed by atoms with Crippen molar-refractivity contribution in [2.24, 2.45) is 5.92 Å². The van der Waals surface area contributed by atoms with E-state index in [9.17, 15) is 0 Å². The first-order valence-corrected chi connectivity index (χ1v) is 4.64. The highest BCUT2D eigenvalue weighted by molar-refractivity contribution is 4.87. The van der Waals surface area contributed by atoms with Crippen LogP contribution in [-0.2, 0) is 12.8 Å². The first-order chi connectivity index (χ1) is 6.22. The van der Waals surface area contributed by atoms with E-state index in [0.29, 0.717) is 24.7 Å². The van der Waals surface area contributed by atoms with Gasteiger partial charge in [0.2, 0.25) is 5.89 Å². The molecule has 4 heteroatoms. The summed E-state index contributed by atoms with van der Waals surface area (Å²) in [6.07, 6.45) is 2.20. The Balaban J connectivity index is 2.44. The first kappa shape index (κ1) is 10.2. The van der Waals surface area contributed by atoms with Crippen molar-refractivity contribution in [1.29, 1.82) is 0 Å². The van der Waals surface area contributed by atoms with Crippen LogP contribution < -0.4 is 0 Å². The molecule has 0 aliphatic carbocycles. The Morgan fingerprint density at radius 3 is 2.85 bits per heavy atom. The van der Waals surface area contributed by atoms with E-state index in [0.717, 1.165) is 12.2 Å². The van der Waals surface area contributed by atoms with E-state index in [1.54, 1.807) is 0 Å². The minimum Gasteiger partial charge on any atom is -0.396 e. The van der Waals surface area contributed by atoms with Crippen LogP contribution in [0.4, 0.5) is 0 Å². The molecule has 0 aliphatic rings. The van der Waals surface area contributed by atoms with Gasteiger partial charge in [0.25, 0.3) is 0 Å². The lowest BCUT2D eigenvalue weighted by atomic mass is 10.1. The second kappa shape index (κ2) is 4.97. The van der Waals surface area contributed by atoms with Crippen LogP contribution in [0.25, 0.3) is 0 Å². The molecule has 0 aliphatic heterocycles. The Labute approximate surface area is 78.0 Å². The Hall–Kier alpha value is -0.900. The Kier molecular flexibility index (Phi) is 3.89. The fourth-order valence-electron chi connectivity index (χ4n) is 1.07. The summed E-state index contributed by atoms with van der Waals surface area (Å²) in [6.45, 7) is 4.40. The van der Waals surface area contributed by atoms with E-state index in [1.165, 1.54) is 0 Å². The molecule has 0 saturated heterocycles. The zero-order chi connectivity index (χ0) is 9.68. The number of aliphatic hydroxyl groups excluding tert-OH is 1. The molecule has 1 heterocycles. The average molecular weight is 184 g/mol. The van der Waals surface area contributed by atoms with E-state index in [2.05, 4.69) is 24.0 Å². The van der Waals surface area contributed by atoms with Crippen molar-refractivity contribution in [3.05, 3.63) is 11.7 Å². The van der Waals surface area contributed by atoms with Crippen molar-refractivity contribution >= 4 is 0 Å². The van der Waals surface area contributed by atoms with Crippen molar-refractivity contribution in [2.45, 2.75) is 33.1 Å². The van der Waals surface area contributed by atoms with Gasteiger partial charge in [0.15, 0.2) is 5.82 Å². The summed E-state index contributed by atoms with van der Waals surface area (Å²) in [5.74, 6) is 1.94. The molecule has 74 valence electrons. The van der Waals surface area contributed by atoms with Gasteiger partial charge in [-0.15, -0.1) is 0 Å². The van der Waals surface area contributed by atoms with Gasteiger partial charge in [-0.2, -0.15) is 4.98 Å². The lowest BCUT2D eigenvalue weighted by molar-refractivity contribution is 0.278. The van der Waals surface area contributed by atoms with Crippen LogP contribution in [0.15, 0.2) is 4.52 Å². The lowest BCUT2D eigenvalue weighted by Gasteiger charge is -1.95. The number of hydrogen-bond donors (Lipinski definition) is 1. The monoisotopic (exact) mass is 184 g/mol. The smallest absolute Gasteiger partial charge is 0.226 e. The normalized spacial score (nSPS) is 11.1. The molecule has 1 aromatic rings. The third kappa shape index (κ3) is 3.55. The molecule has 0 fully saturated rings. The van der Waals surface area contributed by atoms with Gasteiger partial charge >= 0.3 is 0 Å². The molecule has 0 atom stereocenters. The van der Waals surface area contributed by atoms with Crippen LogP contribution in [0.2, 0.25) is 0 Å². The van der Waals surface area contributed by atoms with Gasteiger partial charge in [0.05, 0.1) is 0 Å². The fourth-order valence-corrected chi connectivity index (χ4v) is 1.07. The number of nitrogens with zero attached hydrogens (tertiary/aromatic N) is 2. The molecule has 0 radical (unpaired) electrons. The van der Waals surface area contributed by atoms with Gasteiger partial charge in [-0.1, -0.05) is 19.0 Å². The Morgan fingerprint density at radius 2 is 2.23 bits per heavy atom. The van der Waals surface area contributed by atoms with E-state index >= 15 is 0 Å². The molecule has 0 spiro atoms. The summed E-state index contributed by atoms with van der Waals surface area (Å²) < 4.78 is 5.00. The first-order valence-electron chi connectivity index (χ1n) is 4.64. The van der Waals surface area contributed by atoms with Gasteiger partial charge in [0.1, 0.15) is 0 Å². The molecule has 13 heavy (non-hydrogen) atoms. The summed E-state index contributed by atoms with van der Waals surface area (Å²) >= 11 is 0. The number of aromatic nitrogens is 2. The molecule has 0 unspecified atom stereocenters. The van der Waals surface area contributed by atoms with Gasteiger partial charge in [0, 0.05) is 19.4 Å². The number of hydrogen-bond acceptors (Lipinski definition) is 4. The van der Waals surface area contributed by atoms with E-state index in [4.69, 9.17) is 9.63 Å². The second-order valence-electron chi connectivity index (χ2n) is 3.53. The molecular formula is C9H16N2O2. The summed E-state index contributed by atoms with van der Waals surface area (Å²) in [7, 11) is 0. The zero-order valence-electron chi connectivity index (χ0n) is 8.16. The SMILES string of the molecule is CC(C)Cc1noc(CCCO)n1. The quantitative estimate of drug-likeness (QED) is 0.746. The maximum atomic E-state index is 8.59. The van der Waals surface area contributed by atoms with Crippen LogP contribution in [0.3, 0.4) is 0 Å². The maximum Gasteiger partial charge on any atom is 0.226 e. The minimum absolute atomic E-state index is 0.169. The number of aliphatic hydroxyl groups is 1. The maximum absolute atomic E-state index is 8.59. The summed E-state index contributed by atoms with van der Waals surface area (Å²) in [5.41, 5.74) is 0. The molecule has 1 aromatic heterocycles. The molecule has 1 N–H and O–H groups in total. The highest BCUT2D eigenvalue weighted by atomic mass is 16.5. The summed E-state index contributed by atoms with van der Waals surface area (Å²) in [5, 5.41) is 12.4. The van der Waals surface area contributed by atoms with Crippen LogP contribution in [-0.4, -0.2) is 21.9 Å². The Morgan fingerprint density at radius 1 is 1.46 bits per heavy atom. The average Bonchev–Trinajstić information content (AvgIpc) is 2.48. The van der Waals surface area contributed by atoms with Gasteiger partial charge in [-0.25, -0.2) is 0 Å². The van der Waals surface area contributed by atoms with Crippen molar-refractivity contribution < 1.29 is 9.63 Å².